The first-order valence-corrected chi connectivity index (χ1v) is 8.71. The Hall–Kier alpha value is -3.52. The summed E-state index contributed by atoms with van der Waals surface area (Å²) in [5.41, 5.74) is 0.0268. The first kappa shape index (κ1) is 19.2. The Kier molecular flexibility index (Phi) is 5.51. The van der Waals surface area contributed by atoms with Gasteiger partial charge >= 0.3 is 5.69 Å². The number of carbonyl (C=O) groups excluding carboxylic acids is 2. The quantitative estimate of drug-likeness (QED) is 0.384. The average Bonchev–Trinajstić information content (AvgIpc) is 3.14. The summed E-state index contributed by atoms with van der Waals surface area (Å²) in [6.45, 7) is 2.11. The standard InChI is InChI=1S/C19H15ClN4O4/c1-2-23-11-16(24(27)28)17(22-23)19(26)21-15-9-8-13(20)10-14(15)18(25)12-6-4-3-5-7-12/h3-11H,2H2,1H3,(H,21,26). The van der Waals surface area contributed by atoms with Crippen molar-refractivity contribution in [2.75, 3.05) is 5.32 Å². The normalized spacial score (nSPS) is 10.5. The van der Waals surface area contributed by atoms with E-state index in [2.05, 4.69) is 10.4 Å². The van der Waals surface area contributed by atoms with E-state index < -0.39 is 16.5 Å². The van der Waals surface area contributed by atoms with Crippen LogP contribution in [0.15, 0.2) is 54.7 Å². The van der Waals surface area contributed by atoms with Crippen LogP contribution in [-0.2, 0) is 6.54 Å². The van der Waals surface area contributed by atoms with Gasteiger partial charge in [0, 0.05) is 22.7 Å². The molecule has 0 aliphatic heterocycles. The van der Waals surface area contributed by atoms with Crippen molar-refractivity contribution in [3.63, 3.8) is 0 Å². The number of anilines is 1. The second-order valence-electron chi connectivity index (χ2n) is 5.81. The largest absolute Gasteiger partial charge is 0.320 e. The summed E-state index contributed by atoms with van der Waals surface area (Å²) in [7, 11) is 0. The molecule has 0 atom stereocenters. The molecule has 8 nitrogen and oxygen atoms in total. The van der Waals surface area contributed by atoms with Crippen molar-refractivity contribution in [3.05, 3.63) is 86.7 Å². The second-order valence-corrected chi connectivity index (χ2v) is 6.25. The van der Waals surface area contributed by atoms with Gasteiger partial charge in [0.1, 0.15) is 6.20 Å². The summed E-state index contributed by atoms with van der Waals surface area (Å²) in [6.07, 6.45) is 1.19. The average molecular weight is 399 g/mol. The number of ketones is 1. The number of benzene rings is 2. The van der Waals surface area contributed by atoms with Crippen molar-refractivity contribution >= 4 is 34.7 Å². The van der Waals surface area contributed by atoms with Crippen LogP contribution >= 0.6 is 11.6 Å². The van der Waals surface area contributed by atoms with Gasteiger partial charge in [0.15, 0.2) is 5.78 Å². The van der Waals surface area contributed by atoms with Gasteiger partial charge in [-0.2, -0.15) is 5.10 Å². The molecule has 28 heavy (non-hydrogen) atoms. The van der Waals surface area contributed by atoms with Crippen molar-refractivity contribution < 1.29 is 14.5 Å². The minimum absolute atomic E-state index is 0.171. The molecule has 0 aliphatic rings. The van der Waals surface area contributed by atoms with Crippen LogP contribution in [0.2, 0.25) is 5.02 Å². The Morgan fingerprint density at radius 3 is 2.57 bits per heavy atom. The Balaban J connectivity index is 1.97. The van der Waals surface area contributed by atoms with Gasteiger partial charge < -0.3 is 5.32 Å². The van der Waals surface area contributed by atoms with E-state index in [1.807, 2.05) is 0 Å². The van der Waals surface area contributed by atoms with Gasteiger partial charge in [-0.05, 0) is 25.1 Å². The maximum Gasteiger partial charge on any atom is 0.320 e. The molecular weight excluding hydrogens is 384 g/mol. The lowest BCUT2D eigenvalue weighted by atomic mass is 10.0. The molecule has 1 N–H and O–H groups in total. The third-order valence-corrected chi connectivity index (χ3v) is 4.22. The molecule has 1 aromatic heterocycles. The molecule has 0 aliphatic carbocycles. The number of aryl methyl sites for hydroxylation is 1. The van der Waals surface area contributed by atoms with Crippen LogP contribution in [0.4, 0.5) is 11.4 Å². The van der Waals surface area contributed by atoms with Gasteiger partial charge in [0.05, 0.1) is 10.6 Å². The van der Waals surface area contributed by atoms with Crippen LogP contribution in [0.25, 0.3) is 0 Å². The molecule has 0 spiro atoms. The van der Waals surface area contributed by atoms with Crippen LogP contribution in [-0.4, -0.2) is 26.4 Å². The van der Waals surface area contributed by atoms with Crippen LogP contribution in [0, 0.1) is 10.1 Å². The zero-order chi connectivity index (χ0) is 20.3. The van der Waals surface area contributed by atoms with Crippen LogP contribution < -0.4 is 5.32 Å². The first-order valence-electron chi connectivity index (χ1n) is 8.33. The molecule has 0 bridgehead atoms. The number of carbonyl (C=O) groups is 2. The summed E-state index contributed by atoms with van der Waals surface area (Å²) < 4.78 is 1.30. The summed E-state index contributed by atoms with van der Waals surface area (Å²) in [4.78, 5) is 36.0. The van der Waals surface area contributed by atoms with Gasteiger partial charge in [-0.15, -0.1) is 0 Å². The summed E-state index contributed by atoms with van der Waals surface area (Å²) >= 11 is 6.02. The second kappa shape index (κ2) is 8.01. The zero-order valence-electron chi connectivity index (χ0n) is 14.8. The minimum Gasteiger partial charge on any atom is -0.320 e. The van der Waals surface area contributed by atoms with Gasteiger partial charge in [-0.3, -0.25) is 24.4 Å². The number of nitrogens with zero attached hydrogens (tertiary/aromatic N) is 3. The van der Waals surface area contributed by atoms with Crippen molar-refractivity contribution in [1.82, 2.24) is 9.78 Å². The van der Waals surface area contributed by atoms with Crippen LogP contribution in [0.3, 0.4) is 0 Å². The Morgan fingerprint density at radius 1 is 1.21 bits per heavy atom. The van der Waals surface area contributed by atoms with Crippen LogP contribution in [0.5, 0.6) is 0 Å². The van der Waals surface area contributed by atoms with E-state index in [9.17, 15) is 19.7 Å². The molecule has 2 aromatic carbocycles. The van der Waals surface area contributed by atoms with Crippen molar-refractivity contribution in [1.29, 1.82) is 0 Å². The lowest BCUT2D eigenvalue weighted by molar-refractivity contribution is -0.385. The van der Waals surface area contributed by atoms with E-state index >= 15 is 0 Å². The van der Waals surface area contributed by atoms with E-state index in [0.717, 1.165) is 0 Å². The maximum atomic E-state index is 12.8. The zero-order valence-corrected chi connectivity index (χ0v) is 15.5. The third kappa shape index (κ3) is 3.91. The van der Waals surface area contributed by atoms with Gasteiger partial charge in [0.2, 0.25) is 5.69 Å². The molecule has 9 heteroatoms. The highest BCUT2D eigenvalue weighted by Crippen LogP contribution is 2.25. The molecule has 3 rings (SSSR count). The number of halogens is 1. The van der Waals surface area contributed by atoms with E-state index in [1.54, 1.807) is 37.3 Å². The minimum atomic E-state index is -0.789. The molecule has 0 saturated heterocycles. The summed E-state index contributed by atoms with van der Waals surface area (Å²) in [5.74, 6) is -1.13. The maximum absolute atomic E-state index is 12.8. The molecule has 3 aromatic rings. The Morgan fingerprint density at radius 2 is 1.93 bits per heavy atom. The van der Waals surface area contributed by atoms with E-state index in [4.69, 9.17) is 11.6 Å². The topological polar surface area (TPSA) is 107 Å². The van der Waals surface area contributed by atoms with Crippen molar-refractivity contribution in [3.8, 4) is 0 Å². The molecule has 142 valence electrons. The molecule has 1 heterocycles. The monoisotopic (exact) mass is 398 g/mol. The predicted octanol–water partition coefficient (Wildman–Crippen LogP) is 3.95. The van der Waals surface area contributed by atoms with Crippen molar-refractivity contribution in [2.45, 2.75) is 13.5 Å². The predicted molar refractivity (Wildman–Crippen MR) is 104 cm³/mol. The van der Waals surface area contributed by atoms with E-state index in [-0.39, 0.29) is 22.7 Å². The summed E-state index contributed by atoms with van der Waals surface area (Å²) in [6, 6.07) is 12.9. The van der Waals surface area contributed by atoms with Gasteiger partial charge in [0.25, 0.3) is 5.91 Å². The van der Waals surface area contributed by atoms with Crippen molar-refractivity contribution in [2.24, 2.45) is 0 Å². The lowest BCUT2D eigenvalue weighted by Crippen LogP contribution is -2.17. The number of rotatable bonds is 6. The molecule has 0 radical (unpaired) electrons. The molecule has 0 saturated carbocycles. The number of aromatic nitrogens is 2. The lowest BCUT2D eigenvalue weighted by Gasteiger charge is -2.10. The fourth-order valence-corrected chi connectivity index (χ4v) is 2.78. The molecular formula is C19H15ClN4O4. The third-order valence-electron chi connectivity index (χ3n) is 3.99. The van der Waals surface area contributed by atoms with E-state index in [0.29, 0.717) is 17.1 Å². The summed E-state index contributed by atoms with van der Waals surface area (Å²) in [5, 5.41) is 18.0. The fourth-order valence-electron chi connectivity index (χ4n) is 2.61. The molecule has 0 unspecified atom stereocenters. The highest BCUT2D eigenvalue weighted by Gasteiger charge is 2.26. The highest BCUT2D eigenvalue weighted by molar-refractivity contribution is 6.31. The Bertz CT molecular complexity index is 1060. The number of nitrogens with one attached hydrogen (secondary N) is 1. The number of amides is 1. The highest BCUT2D eigenvalue weighted by atomic mass is 35.5. The Labute approximate surface area is 164 Å². The van der Waals surface area contributed by atoms with Gasteiger partial charge in [-0.1, -0.05) is 41.9 Å². The molecule has 0 fully saturated rings. The van der Waals surface area contributed by atoms with E-state index in [1.165, 1.54) is 29.1 Å². The first-order chi connectivity index (χ1) is 13.4. The van der Waals surface area contributed by atoms with Crippen LogP contribution in [0.1, 0.15) is 33.3 Å². The number of hydrogen-bond acceptors (Lipinski definition) is 5. The SMILES string of the molecule is CCn1cc([N+](=O)[O-])c(C(=O)Nc2ccc(Cl)cc2C(=O)c2ccccc2)n1. The number of nitro groups is 1. The van der Waals surface area contributed by atoms with Gasteiger partial charge in [-0.25, -0.2) is 0 Å². The number of hydrogen-bond donors (Lipinski definition) is 1. The smallest absolute Gasteiger partial charge is 0.320 e. The fraction of sp³-hybridized carbons (Fsp3) is 0.105. The molecule has 1 amide bonds.